The fourth-order valence-corrected chi connectivity index (χ4v) is 5.20. The van der Waals surface area contributed by atoms with E-state index in [0.29, 0.717) is 33.2 Å². The van der Waals surface area contributed by atoms with Crippen LogP contribution in [-0.4, -0.2) is 32.9 Å². The number of aryl methyl sites for hydroxylation is 2. The van der Waals surface area contributed by atoms with Crippen LogP contribution in [0.3, 0.4) is 0 Å². The van der Waals surface area contributed by atoms with Crippen molar-refractivity contribution in [3.8, 4) is 0 Å². The van der Waals surface area contributed by atoms with Crippen molar-refractivity contribution in [3.63, 3.8) is 0 Å². The maximum atomic E-state index is 13.0. The van der Waals surface area contributed by atoms with E-state index in [1.165, 1.54) is 36.2 Å². The van der Waals surface area contributed by atoms with E-state index >= 15 is 0 Å². The molecule has 1 saturated heterocycles. The highest BCUT2D eigenvalue weighted by Crippen LogP contribution is 2.28. The average Bonchev–Trinajstić information content (AvgIpc) is 3.08. The van der Waals surface area contributed by atoms with E-state index in [4.69, 9.17) is 0 Å². The van der Waals surface area contributed by atoms with E-state index in [2.05, 4.69) is 28.2 Å². The van der Waals surface area contributed by atoms with E-state index < -0.39 is 0 Å². The lowest BCUT2D eigenvalue weighted by Crippen LogP contribution is -2.36. The maximum Gasteiger partial charge on any atom is 0.266 e. The normalized spacial score (nSPS) is 17.4. The summed E-state index contributed by atoms with van der Waals surface area (Å²) in [4.78, 5) is 33.6. The molecule has 1 N–H and O–H groups in total. The second-order valence-corrected chi connectivity index (χ2v) is 9.04. The zero-order valence-electron chi connectivity index (χ0n) is 17.8. The number of nitrogens with one attached hydrogen (secondary N) is 1. The Morgan fingerprint density at radius 2 is 2.17 bits per heavy atom. The predicted octanol–water partition coefficient (Wildman–Crippen LogP) is 4.41. The molecule has 1 fully saturated rings. The number of piperidine rings is 1. The number of anilines is 1. The van der Waals surface area contributed by atoms with Gasteiger partial charge in [-0.05, 0) is 63.4 Å². The van der Waals surface area contributed by atoms with Gasteiger partial charge in [-0.15, -0.1) is 11.3 Å². The lowest BCUT2D eigenvalue weighted by molar-refractivity contribution is 0.103. The Morgan fingerprint density at radius 3 is 2.93 bits per heavy atom. The van der Waals surface area contributed by atoms with E-state index in [1.54, 1.807) is 10.9 Å². The van der Waals surface area contributed by atoms with Crippen molar-refractivity contribution in [1.29, 1.82) is 0 Å². The lowest BCUT2D eigenvalue weighted by atomic mass is 10.0. The third-order valence-electron chi connectivity index (χ3n) is 5.98. The molecule has 3 aromatic rings. The van der Waals surface area contributed by atoms with Gasteiger partial charge in [0.2, 0.25) is 0 Å². The highest BCUT2D eigenvalue weighted by Gasteiger charge is 2.20. The summed E-state index contributed by atoms with van der Waals surface area (Å²) >= 11 is 1.27. The molecule has 3 heterocycles. The minimum atomic E-state index is -0.193. The zero-order chi connectivity index (χ0) is 21.3. The Morgan fingerprint density at radius 1 is 1.33 bits per heavy atom. The first-order valence-corrected chi connectivity index (χ1v) is 11.4. The lowest BCUT2D eigenvalue weighted by Gasteiger charge is -2.33. The quantitative estimate of drug-likeness (QED) is 0.659. The predicted molar refractivity (Wildman–Crippen MR) is 122 cm³/mol. The third kappa shape index (κ3) is 4.04. The number of rotatable bonds is 5. The van der Waals surface area contributed by atoms with Crippen LogP contribution in [-0.2, 0) is 13.1 Å². The maximum absolute atomic E-state index is 13.0. The highest BCUT2D eigenvalue weighted by atomic mass is 32.1. The largest absolute Gasteiger partial charge is 0.321 e. The van der Waals surface area contributed by atoms with Crippen molar-refractivity contribution in [1.82, 2.24) is 14.5 Å². The van der Waals surface area contributed by atoms with E-state index in [1.807, 2.05) is 32.0 Å². The number of aromatic nitrogens is 2. The molecule has 2 aromatic heterocycles. The monoisotopic (exact) mass is 424 g/mol. The standard InChI is InChI=1S/C23H28N4O2S/c1-4-26-14-24-22-19(23(26)29)16(3)20(30-22)21(28)25-18-10-7-9-17(12-18)13-27-11-6-5-8-15(27)2/h7,9-10,12,14-15H,4-6,8,11,13H2,1-3H3,(H,25,28)/t15-/m1/s1. The number of fused-ring (bicyclic) bond motifs is 1. The summed E-state index contributed by atoms with van der Waals surface area (Å²) in [5, 5.41) is 3.56. The molecule has 158 valence electrons. The van der Waals surface area contributed by atoms with Crippen molar-refractivity contribution in [2.24, 2.45) is 0 Å². The number of benzene rings is 1. The molecule has 4 rings (SSSR count). The number of nitrogens with zero attached hydrogens (tertiary/aromatic N) is 3. The van der Waals surface area contributed by atoms with Gasteiger partial charge >= 0.3 is 0 Å². The third-order valence-corrected chi connectivity index (χ3v) is 7.17. The van der Waals surface area contributed by atoms with Crippen molar-refractivity contribution in [2.75, 3.05) is 11.9 Å². The first-order chi connectivity index (χ1) is 14.5. The summed E-state index contributed by atoms with van der Waals surface area (Å²) in [6.45, 7) is 8.59. The number of hydrogen-bond donors (Lipinski definition) is 1. The van der Waals surface area contributed by atoms with Crippen molar-refractivity contribution in [3.05, 3.63) is 57.0 Å². The Kier molecular flexibility index (Phi) is 6.01. The second-order valence-electron chi connectivity index (χ2n) is 8.04. The second kappa shape index (κ2) is 8.70. The number of amides is 1. The Labute approximate surface area is 180 Å². The summed E-state index contributed by atoms with van der Waals surface area (Å²) in [6, 6.07) is 8.64. The Bertz CT molecular complexity index is 1130. The Hall–Kier alpha value is -2.51. The van der Waals surface area contributed by atoms with Gasteiger partial charge in [0.05, 0.1) is 16.6 Å². The molecule has 0 saturated carbocycles. The molecule has 1 amide bonds. The number of carbonyl (C=O) groups is 1. The van der Waals surface area contributed by atoms with Gasteiger partial charge < -0.3 is 5.32 Å². The van der Waals surface area contributed by atoms with Gasteiger partial charge in [-0.25, -0.2) is 4.98 Å². The van der Waals surface area contributed by atoms with Crippen LogP contribution in [0.15, 0.2) is 35.4 Å². The number of thiophene rings is 1. The molecule has 1 aliphatic heterocycles. The molecular formula is C23H28N4O2S. The molecule has 0 radical (unpaired) electrons. The molecule has 1 aliphatic rings. The van der Waals surface area contributed by atoms with Gasteiger partial charge in [0.25, 0.3) is 11.5 Å². The molecular weight excluding hydrogens is 396 g/mol. The zero-order valence-corrected chi connectivity index (χ0v) is 18.6. The fourth-order valence-electron chi connectivity index (χ4n) is 4.16. The molecule has 1 atom stereocenters. The number of carbonyl (C=O) groups excluding carboxylic acids is 1. The topological polar surface area (TPSA) is 67.2 Å². The fraction of sp³-hybridized carbons (Fsp3) is 0.435. The van der Waals surface area contributed by atoms with Crippen LogP contribution in [0, 0.1) is 6.92 Å². The van der Waals surface area contributed by atoms with Gasteiger partial charge in [-0.1, -0.05) is 18.6 Å². The van der Waals surface area contributed by atoms with Crippen molar-refractivity contribution >= 4 is 33.1 Å². The van der Waals surface area contributed by atoms with Crippen LogP contribution in [0.2, 0.25) is 0 Å². The molecule has 7 heteroatoms. The highest BCUT2D eigenvalue weighted by molar-refractivity contribution is 7.20. The van der Waals surface area contributed by atoms with Gasteiger partial charge in [-0.3, -0.25) is 19.1 Å². The van der Waals surface area contributed by atoms with E-state index in [0.717, 1.165) is 18.8 Å². The van der Waals surface area contributed by atoms with Crippen LogP contribution < -0.4 is 10.9 Å². The molecule has 30 heavy (non-hydrogen) atoms. The minimum absolute atomic E-state index is 0.0899. The first kappa shape index (κ1) is 20.8. The Balaban J connectivity index is 1.55. The first-order valence-electron chi connectivity index (χ1n) is 10.6. The van der Waals surface area contributed by atoms with Gasteiger partial charge in [0, 0.05) is 24.8 Å². The van der Waals surface area contributed by atoms with Gasteiger partial charge in [-0.2, -0.15) is 0 Å². The summed E-state index contributed by atoms with van der Waals surface area (Å²) in [5.74, 6) is -0.193. The van der Waals surface area contributed by atoms with Crippen LogP contribution >= 0.6 is 11.3 Å². The number of likely N-dealkylation sites (tertiary alicyclic amines) is 1. The van der Waals surface area contributed by atoms with E-state index in [-0.39, 0.29) is 11.5 Å². The minimum Gasteiger partial charge on any atom is -0.321 e. The molecule has 0 aliphatic carbocycles. The van der Waals surface area contributed by atoms with Crippen molar-refractivity contribution < 1.29 is 4.79 Å². The summed E-state index contributed by atoms with van der Waals surface area (Å²) in [7, 11) is 0. The SMILES string of the molecule is CCn1cnc2sc(C(=O)Nc3cccc(CN4CCCC[C@H]4C)c3)c(C)c2c1=O. The summed E-state index contributed by atoms with van der Waals surface area (Å²) < 4.78 is 1.56. The molecule has 0 bridgehead atoms. The van der Waals surface area contributed by atoms with Gasteiger partial charge in [0.15, 0.2) is 0 Å². The molecule has 6 nitrogen and oxygen atoms in total. The van der Waals surface area contributed by atoms with Crippen molar-refractivity contribution in [2.45, 2.75) is 59.2 Å². The number of hydrogen-bond acceptors (Lipinski definition) is 5. The molecule has 0 unspecified atom stereocenters. The van der Waals surface area contributed by atoms with Gasteiger partial charge in [0.1, 0.15) is 4.83 Å². The van der Waals surface area contributed by atoms with Crippen LogP contribution in [0.1, 0.15) is 53.9 Å². The van der Waals surface area contributed by atoms with Crippen LogP contribution in [0.4, 0.5) is 5.69 Å². The molecule has 0 spiro atoms. The summed E-state index contributed by atoms with van der Waals surface area (Å²) in [5.41, 5.74) is 2.58. The van der Waals surface area contributed by atoms with Crippen LogP contribution in [0.5, 0.6) is 0 Å². The van der Waals surface area contributed by atoms with E-state index in [9.17, 15) is 9.59 Å². The van der Waals surface area contributed by atoms with Crippen LogP contribution in [0.25, 0.3) is 10.2 Å². The summed E-state index contributed by atoms with van der Waals surface area (Å²) in [6.07, 6.45) is 5.35. The average molecular weight is 425 g/mol. The smallest absolute Gasteiger partial charge is 0.266 e. The molecule has 1 aromatic carbocycles.